The van der Waals surface area contributed by atoms with E-state index in [1.54, 1.807) is 0 Å². The second-order valence-corrected chi connectivity index (χ2v) is 5.68. The molecule has 120 valence electrons. The van der Waals surface area contributed by atoms with Gasteiger partial charge in [0.15, 0.2) is 18.1 Å². The van der Waals surface area contributed by atoms with Crippen LogP contribution in [0.15, 0.2) is 18.5 Å². The third-order valence-corrected chi connectivity index (χ3v) is 3.95. The zero-order chi connectivity index (χ0) is 16.6. The molecule has 2 aromatic heterocycles. The van der Waals surface area contributed by atoms with Gasteiger partial charge in [-0.05, 0) is 32.8 Å². The molecule has 0 saturated heterocycles. The van der Waals surface area contributed by atoms with Crippen LogP contribution in [-0.2, 0) is 4.74 Å². The Hall–Kier alpha value is -2.70. The molecule has 0 aliphatic heterocycles. The lowest BCUT2D eigenvalue weighted by Gasteiger charge is -2.08. The van der Waals surface area contributed by atoms with Gasteiger partial charge in [-0.15, -0.1) is 0 Å². The fourth-order valence-corrected chi connectivity index (χ4v) is 2.74. The van der Waals surface area contributed by atoms with E-state index in [4.69, 9.17) is 10.5 Å². The fourth-order valence-electron chi connectivity index (χ4n) is 2.74. The summed E-state index contributed by atoms with van der Waals surface area (Å²) in [5, 5.41) is 0. The average Bonchev–Trinajstić information content (AvgIpc) is 3.30. The summed E-state index contributed by atoms with van der Waals surface area (Å²) < 4.78 is 7.20. The minimum absolute atomic E-state index is 0.0168. The molecule has 0 spiro atoms. The van der Waals surface area contributed by atoms with Gasteiger partial charge in [0.25, 0.3) is 0 Å². The van der Waals surface area contributed by atoms with E-state index in [2.05, 4.69) is 14.5 Å². The summed E-state index contributed by atoms with van der Waals surface area (Å²) in [5.74, 6) is -1.00. The molecular weight excluding hydrogens is 296 g/mol. The SMILES string of the molecule is Cc1cc(C(=O)COC(=O)c2nccnc2N)c(C)n1C1CC1. The molecule has 1 saturated carbocycles. The second kappa shape index (κ2) is 5.83. The van der Waals surface area contributed by atoms with Crippen LogP contribution in [0.2, 0.25) is 0 Å². The number of carbonyl (C=O) groups excluding carboxylic acids is 2. The predicted molar refractivity (Wildman–Crippen MR) is 83.2 cm³/mol. The molecule has 1 fully saturated rings. The quantitative estimate of drug-likeness (QED) is 0.668. The highest BCUT2D eigenvalue weighted by Gasteiger charge is 2.28. The van der Waals surface area contributed by atoms with Crippen molar-refractivity contribution in [2.75, 3.05) is 12.3 Å². The average molecular weight is 314 g/mol. The van der Waals surface area contributed by atoms with Gasteiger partial charge in [0.05, 0.1) is 0 Å². The number of aromatic nitrogens is 3. The monoisotopic (exact) mass is 314 g/mol. The molecule has 0 atom stereocenters. The van der Waals surface area contributed by atoms with Crippen molar-refractivity contribution in [2.45, 2.75) is 32.7 Å². The van der Waals surface area contributed by atoms with Crippen molar-refractivity contribution in [3.05, 3.63) is 41.1 Å². The maximum Gasteiger partial charge on any atom is 0.361 e. The topological polar surface area (TPSA) is 100 Å². The summed E-state index contributed by atoms with van der Waals surface area (Å²) in [7, 11) is 0. The Balaban J connectivity index is 1.69. The third kappa shape index (κ3) is 2.94. The van der Waals surface area contributed by atoms with Crippen molar-refractivity contribution in [3.8, 4) is 0 Å². The van der Waals surface area contributed by atoms with Gasteiger partial charge in [0.1, 0.15) is 0 Å². The zero-order valence-electron chi connectivity index (χ0n) is 13.1. The van der Waals surface area contributed by atoms with E-state index in [0.29, 0.717) is 11.6 Å². The Morgan fingerprint density at radius 2 is 2.00 bits per heavy atom. The summed E-state index contributed by atoms with van der Waals surface area (Å²) in [5.41, 5.74) is 8.05. The lowest BCUT2D eigenvalue weighted by Crippen LogP contribution is -2.17. The second-order valence-electron chi connectivity index (χ2n) is 5.68. The lowest BCUT2D eigenvalue weighted by molar-refractivity contribution is 0.0469. The Kier molecular flexibility index (Phi) is 3.85. The zero-order valence-corrected chi connectivity index (χ0v) is 13.1. The first-order chi connectivity index (χ1) is 11.0. The standard InChI is InChI=1S/C16H18N4O3/c1-9-7-12(10(2)20(9)11-3-4-11)13(21)8-23-16(22)14-15(17)19-6-5-18-14/h5-7,11H,3-4,8H2,1-2H3,(H2,17,19). The Bertz CT molecular complexity index is 778. The number of rotatable bonds is 5. The molecule has 2 heterocycles. The van der Waals surface area contributed by atoms with E-state index in [9.17, 15) is 9.59 Å². The number of nitrogen functional groups attached to an aromatic ring is 1. The van der Waals surface area contributed by atoms with Gasteiger partial charge in [-0.2, -0.15) is 0 Å². The van der Waals surface area contributed by atoms with E-state index in [1.165, 1.54) is 12.4 Å². The summed E-state index contributed by atoms with van der Waals surface area (Å²) >= 11 is 0. The molecule has 0 bridgehead atoms. The highest BCUT2D eigenvalue weighted by Crippen LogP contribution is 2.38. The van der Waals surface area contributed by atoms with E-state index in [-0.39, 0.29) is 23.9 Å². The van der Waals surface area contributed by atoms with Crippen molar-refractivity contribution in [1.29, 1.82) is 0 Å². The highest BCUT2D eigenvalue weighted by atomic mass is 16.5. The van der Waals surface area contributed by atoms with Crippen LogP contribution in [0.1, 0.15) is 51.1 Å². The van der Waals surface area contributed by atoms with Gasteiger partial charge in [-0.3, -0.25) is 4.79 Å². The molecule has 1 aliphatic carbocycles. The molecule has 7 heteroatoms. The first-order valence-electron chi connectivity index (χ1n) is 7.44. The maximum absolute atomic E-state index is 12.3. The lowest BCUT2D eigenvalue weighted by atomic mass is 10.1. The van der Waals surface area contributed by atoms with Crippen LogP contribution in [-0.4, -0.2) is 32.9 Å². The van der Waals surface area contributed by atoms with Crippen LogP contribution in [0.25, 0.3) is 0 Å². The largest absolute Gasteiger partial charge is 0.452 e. The van der Waals surface area contributed by atoms with Gasteiger partial charge in [0.2, 0.25) is 5.78 Å². The van der Waals surface area contributed by atoms with Crippen LogP contribution in [0, 0.1) is 13.8 Å². The van der Waals surface area contributed by atoms with Gasteiger partial charge in [-0.1, -0.05) is 0 Å². The first-order valence-corrected chi connectivity index (χ1v) is 7.44. The molecular formula is C16H18N4O3. The number of anilines is 1. The summed E-state index contributed by atoms with van der Waals surface area (Å²) in [6.07, 6.45) is 5.01. The Labute approximate surface area is 133 Å². The number of nitrogens with two attached hydrogens (primary N) is 1. The normalized spacial score (nSPS) is 13.8. The van der Waals surface area contributed by atoms with Crippen molar-refractivity contribution >= 4 is 17.6 Å². The third-order valence-electron chi connectivity index (χ3n) is 3.95. The summed E-state index contributed by atoms with van der Waals surface area (Å²) in [4.78, 5) is 31.8. The van der Waals surface area contributed by atoms with E-state index in [0.717, 1.165) is 24.2 Å². The van der Waals surface area contributed by atoms with Gasteiger partial charge < -0.3 is 15.0 Å². The van der Waals surface area contributed by atoms with Crippen LogP contribution in [0.4, 0.5) is 5.82 Å². The number of hydrogen-bond donors (Lipinski definition) is 1. The van der Waals surface area contributed by atoms with E-state index >= 15 is 0 Å². The van der Waals surface area contributed by atoms with Crippen molar-refractivity contribution in [3.63, 3.8) is 0 Å². The molecule has 0 amide bonds. The molecule has 3 rings (SSSR count). The number of esters is 1. The van der Waals surface area contributed by atoms with Gasteiger partial charge in [0, 0.05) is 35.4 Å². The molecule has 7 nitrogen and oxygen atoms in total. The smallest absolute Gasteiger partial charge is 0.361 e. The number of carbonyl (C=O) groups is 2. The number of ether oxygens (including phenoxy) is 1. The van der Waals surface area contributed by atoms with Crippen molar-refractivity contribution < 1.29 is 14.3 Å². The van der Waals surface area contributed by atoms with Crippen LogP contribution in [0.3, 0.4) is 0 Å². The van der Waals surface area contributed by atoms with Gasteiger partial charge in [-0.25, -0.2) is 14.8 Å². The van der Waals surface area contributed by atoms with Crippen molar-refractivity contribution in [2.24, 2.45) is 0 Å². The number of ketones is 1. The molecule has 0 unspecified atom stereocenters. The minimum atomic E-state index is -0.750. The predicted octanol–water partition coefficient (Wildman–Crippen LogP) is 1.85. The minimum Gasteiger partial charge on any atom is -0.452 e. The van der Waals surface area contributed by atoms with E-state index in [1.807, 2.05) is 19.9 Å². The van der Waals surface area contributed by atoms with Crippen LogP contribution < -0.4 is 5.73 Å². The van der Waals surface area contributed by atoms with E-state index < -0.39 is 5.97 Å². The first kappa shape index (κ1) is 15.2. The Morgan fingerprint density at radius 3 is 2.65 bits per heavy atom. The highest BCUT2D eigenvalue weighted by molar-refractivity contribution is 6.00. The van der Waals surface area contributed by atoms with Crippen LogP contribution in [0.5, 0.6) is 0 Å². The number of Topliss-reactive ketones (excluding diaryl/α,β-unsaturated/α-hetero) is 1. The number of hydrogen-bond acceptors (Lipinski definition) is 6. The molecule has 23 heavy (non-hydrogen) atoms. The maximum atomic E-state index is 12.3. The van der Waals surface area contributed by atoms with Crippen molar-refractivity contribution in [1.82, 2.24) is 14.5 Å². The van der Waals surface area contributed by atoms with Crippen LogP contribution >= 0.6 is 0 Å². The number of nitrogens with zero attached hydrogens (tertiary/aromatic N) is 3. The summed E-state index contributed by atoms with van der Waals surface area (Å²) in [6.45, 7) is 3.55. The molecule has 0 aromatic carbocycles. The fraction of sp³-hybridized carbons (Fsp3) is 0.375. The molecule has 2 aromatic rings. The molecule has 2 N–H and O–H groups in total. The molecule has 0 radical (unpaired) electrons. The summed E-state index contributed by atoms with van der Waals surface area (Å²) in [6, 6.07) is 2.35. The Morgan fingerprint density at radius 1 is 1.30 bits per heavy atom. The molecule has 1 aliphatic rings. The van der Waals surface area contributed by atoms with Gasteiger partial charge >= 0.3 is 5.97 Å². The number of aryl methyl sites for hydroxylation is 1.